The Morgan fingerprint density at radius 2 is 1.77 bits per heavy atom. The summed E-state index contributed by atoms with van der Waals surface area (Å²) in [4.78, 5) is 12.2. The second-order valence-corrected chi connectivity index (χ2v) is 6.94. The van der Waals surface area contributed by atoms with Crippen LogP contribution in [0.3, 0.4) is 0 Å². The first-order chi connectivity index (χ1) is 12.6. The molecule has 1 aliphatic rings. The average molecular weight is 374 g/mol. The molecular weight excluding hydrogens is 353 g/mol. The van der Waals surface area contributed by atoms with E-state index < -0.39 is 0 Å². The number of halogens is 2. The Hall–Kier alpha value is -2.17. The summed E-state index contributed by atoms with van der Waals surface area (Å²) in [5.41, 5.74) is 1.79. The van der Waals surface area contributed by atoms with Gasteiger partial charge in [-0.3, -0.25) is 4.79 Å². The summed E-state index contributed by atoms with van der Waals surface area (Å²) in [5, 5.41) is 3.70. The lowest BCUT2D eigenvalue weighted by Gasteiger charge is -2.37. The van der Waals surface area contributed by atoms with E-state index in [0.29, 0.717) is 24.8 Å². The zero-order valence-corrected chi connectivity index (χ0v) is 15.1. The number of ether oxygens (including phenoxy) is 1. The third kappa shape index (κ3) is 4.71. The molecule has 136 valence electrons. The van der Waals surface area contributed by atoms with Gasteiger partial charge in [0.05, 0.1) is 0 Å². The quantitative estimate of drug-likeness (QED) is 0.791. The van der Waals surface area contributed by atoms with Gasteiger partial charge >= 0.3 is 0 Å². The largest absolute Gasteiger partial charge is 0.381 e. The van der Waals surface area contributed by atoms with Gasteiger partial charge in [0.1, 0.15) is 5.82 Å². The molecule has 0 unspecified atom stereocenters. The van der Waals surface area contributed by atoms with Crippen LogP contribution in [0, 0.1) is 5.82 Å². The number of nitrogens with one attached hydrogen (secondary N) is 1. The zero-order valence-electron chi connectivity index (χ0n) is 14.4. The first-order valence-corrected chi connectivity index (χ1v) is 9.01. The number of rotatable bonds is 5. The molecule has 0 aliphatic carbocycles. The standard InChI is InChI=1S/C21H21ClFNO2/c22-18-6-4-17(5-7-18)21(11-13-26-14-12-21)15-24-20(25)10-3-16-1-8-19(23)9-2-16/h1-10H,11-15H2,(H,24,25)/b10-3+. The van der Waals surface area contributed by atoms with Crippen molar-refractivity contribution < 1.29 is 13.9 Å². The Bertz CT molecular complexity index is 766. The summed E-state index contributed by atoms with van der Waals surface area (Å²) >= 11 is 6.01. The first-order valence-electron chi connectivity index (χ1n) is 8.63. The van der Waals surface area contributed by atoms with E-state index in [9.17, 15) is 9.18 Å². The van der Waals surface area contributed by atoms with Crippen LogP contribution < -0.4 is 5.32 Å². The van der Waals surface area contributed by atoms with Crippen LogP contribution >= 0.6 is 11.6 Å². The Balaban J connectivity index is 1.66. The summed E-state index contributed by atoms with van der Waals surface area (Å²) in [6, 6.07) is 13.8. The smallest absolute Gasteiger partial charge is 0.244 e. The van der Waals surface area contributed by atoms with Gasteiger partial charge in [-0.25, -0.2) is 4.39 Å². The molecule has 3 nitrogen and oxygen atoms in total. The Morgan fingerprint density at radius 3 is 2.42 bits per heavy atom. The topological polar surface area (TPSA) is 38.3 Å². The number of amides is 1. The van der Waals surface area contributed by atoms with E-state index in [4.69, 9.17) is 16.3 Å². The van der Waals surface area contributed by atoms with Crippen LogP contribution in [0.2, 0.25) is 5.02 Å². The monoisotopic (exact) mass is 373 g/mol. The molecule has 1 saturated heterocycles. The van der Waals surface area contributed by atoms with Crippen molar-refractivity contribution in [3.63, 3.8) is 0 Å². The van der Waals surface area contributed by atoms with E-state index in [2.05, 4.69) is 5.32 Å². The van der Waals surface area contributed by atoms with Gasteiger partial charge in [-0.2, -0.15) is 0 Å². The molecule has 0 atom stereocenters. The fourth-order valence-electron chi connectivity index (χ4n) is 3.19. The molecule has 1 amide bonds. The summed E-state index contributed by atoms with van der Waals surface area (Å²) in [6.07, 6.45) is 4.84. The third-order valence-electron chi connectivity index (χ3n) is 4.80. The molecule has 0 radical (unpaired) electrons. The maximum absolute atomic E-state index is 12.9. The van der Waals surface area contributed by atoms with Crippen molar-refractivity contribution in [3.8, 4) is 0 Å². The predicted molar refractivity (Wildman–Crippen MR) is 102 cm³/mol. The molecule has 1 N–H and O–H groups in total. The highest BCUT2D eigenvalue weighted by molar-refractivity contribution is 6.30. The van der Waals surface area contributed by atoms with Crippen molar-refractivity contribution in [3.05, 3.63) is 76.6 Å². The highest BCUT2D eigenvalue weighted by atomic mass is 35.5. The number of benzene rings is 2. The van der Waals surface area contributed by atoms with Gasteiger partial charge in [-0.1, -0.05) is 35.9 Å². The van der Waals surface area contributed by atoms with Crippen molar-refractivity contribution in [2.24, 2.45) is 0 Å². The summed E-state index contributed by atoms with van der Waals surface area (Å²) in [6.45, 7) is 1.87. The molecular formula is C21H21ClFNO2. The van der Waals surface area contributed by atoms with Gasteiger partial charge < -0.3 is 10.1 Å². The number of hydrogen-bond acceptors (Lipinski definition) is 2. The fourth-order valence-corrected chi connectivity index (χ4v) is 3.32. The highest BCUT2D eigenvalue weighted by Crippen LogP contribution is 2.34. The maximum Gasteiger partial charge on any atom is 0.244 e. The summed E-state index contributed by atoms with van der Waals surface area (Å²) < 4.78 is 18.4. The first kappa shape index (κ1) is 18.6. The van der Waals surface area contributed by atoms with Gasteiger partial charge in [0.25, 0.3) is 0 Å². The Morgan fingerprint density at radius 1 is 1.12 bits per heavy atom. The zero-order chi connectivity index (χ0) is 18.4. The normalized spacial score (nSPS) is 16.5. The number of carbonyl (C=O) groups excluding carboxylic acids is 1. The van der Waals surface area contributed by atoms with Crippen molar-refractivity contribution in [1.29, 1.82) is 0 Å². The van der Waals surface area contributed by atoms with Crippen molar-refractivity contribution in [2.75, 3.05) is 19.8 Å². The molecule has 0 spiro atoms. The summed E-state index contributed by atoms with van der Waals surface area (Å²) in [5.74, 6) is -0.467. The van der Waals surface area contributed by atoms with Crippen LogP contribution in [-0.2, 0) is 14.9 Å². The molecule has 5 heteroatoms. The van der Waals surface area contributed by atoms with Crippen LogP contribution in [0.25, 0.3) is 6.08 Å². The van der Waals surface area contributed by atoms with Gasteiger partial charge in [0, 0.05) is 36.3 Å². The molecule has 2 aromatic rings. The molecule has 1 aliphatic heterocycles. The molecule has 3 rings (SSSR count). The minimum atomic E-state index is -0.295. The van der Waals surface area contributed by atoms with Gasteiger partial charge in [0.15, 0.2) is 0 Å². The minimum Gasteiger partial charge on any atom is -0.381 e. The second-order valence-electron chi connectivity index (χ2n) is 6.50. The van der Waals surface area contributed by atoms with Gasteiger partial charge in [0.2, 0.25) is 5.91 Å². The number of hydrogen-bond donors (Lipinski definition) is 1. The fraction of sp³-hybridized carbons (Fsp3) is 0.286. The van der Waals surface area contributed by atoms with E-state index in [-0.39, 0.29) is 17.1 Å². The average Bonchev–Trinajstić information content (AvgIpc) is 2.67. The minimum absolute atomic E-state index is 0.151. The Labute approximate surface area is 157 Å². The molecule has 2 aromatic carbocycles. The lowest BCUT2D eigenvalue weighted by molar-refractivity contribution is -0.116. The highest BCUT2D eigenvalue weighted by Gasteiger charge is 2.34. The molecule has 1 heterocycles. The summed E-state index contributed by atoms with van der Waals surface area (Å²) in [7, 11) is 0. The molecule has 26 heavy (non-hydrogen) atoms. The van der Waals surface area contributed by atoms with E-state index >= 15 is 0 Å². The van der Waals surface area contributed by atoms with Crippen LogP contribution in [0.1, 0.15) is 24.0 Å². The van der Waals surface area contributed by atoms with E-state index in [1.54, 1.807) is 18.2 Å². The van der Waals surface area contributed by atoms with E-state index in [1.807, 2.05) is 24.3 Å². The van der Waals surface area contributed by atoms with Crippen LogP contribution in [0.5, 0.6) is 0 Å². The van der Waals surface area contributed by atoms with E-state index in [1.165, 1.54) is 18.2 Å². The van der Waals surface area contributed by atoms with Crippen molar-refractivity contribution >= 4 is 23.6 Å². The van der Waals surface area contributed by atoms with E-state index in [0.717, 1.165) is 24.0 Å². The van der Waals surface area contributed by atoms with Gasteiger partial charge in [-0.15, -0.1) is 0 Å². The van der Waals surface area contributed by atoms with Crippen LogP contribution in [0.15, 0.2) is 54.6 Å². The predicted octanol–water partition coefficient (Wildman–Crippen LogP) is 4.36. The van der Waals surface area contributed by atoms with Crippen LogP contribution in [-0.4, -0.2) is 25.7 Å². The molecule has 0 saturated carbocycles. The SMILES string of the molecule is O=C(/C=C/c1ccc(F)cc1)NCC1(c2ccc(Cl)cc2)CCOCC1. The molecule has 1 fully saturated rings. The lowest BCUT2D eigenvalue weighted by Crippen LogP contribution is -2.44. The maximum atomic E-state index is 12.9. The third-order valence-corrected chi connectivity index (χ3v) is 5.06. The second kappa shape index (κ2) is 8.47. The Kier molecular flexibility index (Phi) is 6.07. The van der Waals surface area contributed by atoms with Gasteiger partial charge in [-0.05, 0) is 54.3 Å². The number of carbonyl (C=O) groups is 1. The van der Waals surface area contributed by atoms with Crippen molar-refractivity contribution in [2.45, 2.75) is 18.3 Å². The molecule has 0 bridgehead atoms. The van der Waals surface area contributed by atoms with Crippen molar-refractivity contribution in [1.82, 2.24) is 5.32 Å². The molecule has 0 aromatic heterocycles. The lowest BCUT2D eigenvalue weighted by atomic mass is 9.74. The van der Waals surface area contributed by atoms with Crippen LogP contribution in [0.4, 0.5) is 4.39 Å².